The summed E-state index contributed by atoms with van der Waals surface area (Å²) in [6.45, 7) is 2.22. The maximum Gasteiger partial charge on any atom is 0.116 e. The molecule has 0 aliphatic heterocycles. The molecule has 2 rings (SSSR count). The zero-order chi connectivity index (χ0) is 16.9. The molecule has 0 aliphatic carbocycles. The molecule has 2 aromatic carbocycles. The third-order valence-corrected chi connectivity index (χ3v) is 4.49. The summed E-state index contributed by atoms with van der Waals surface area (Å²) < 4.78 is 0. The van der Waals surface area contributed by atoms with E-state index < -0.39 is 11.7 Å². The second-order valence-corrected chi connectivity index (χ2v) is 6.20. The largest absolute Gasteiger partial charge is 0.390 e. The fourth-order valence-electron chi connectivity index (χ4n) is 2.56. The van der Waals surface area contributed by atoms with Crippen molar-refractivity contribution < 1.29 is 10.2 Å². The SMILES string of the molecule is CCC(O)(c1ccccc1)c1cc(Cl)ccc1NCC(O)CCl. The highest BCUT2D eigenvalue weighted by Gasteiger charge is 2.32. The third kappa shape index (κ3) is 4.18. The quantitative estimate of drug-likeness (QED) is 0.659. The Bertz CT molecular complexity index is 636. The monoisotopic (exact) mass is 353 g/mol. The molecule has 124 valence electrons. The van der Waals surface area contributed by atoms with Crippen LogP contribution in [0.3, 0.4) is 0 Å². The predicted octanol–water partition coefficient (Wildman–Crippen LogP) is 4.00. The molecule has 0 amide bonds. The van der Waals surface area contributed by atoms with Crippen LogP contribution in [0, 0.1) is 0 Å². The lowest BCUT2D eigenvalue weighted by molar-refractivity contribution is 0.0771. The van der Waals surface area contributed by atoms with E-state index in [1.165, 1.54) is 0 Å². The number of hydrogen-bond acceptors (Lipinski definition) is 3. The topological polar surface area (TPSA) is 52.5 Å². The summed E-state index contributed by atoms with van der Waals surface area (Å²) in [6.07, 6.45) is -0.170. The van der Waals surface area contributed by atoms with Gasteiger partial charge in [-0.3, -0.25) is 0 Å². The van der Waals surface area contributed by atoms with Gasteiger partial charge in [-0.25, -0.2) is 0 Å². The van der Waals surface area contributed by atoms with Gasteiger partial charge >= 0.3 is 0 Å². The van der Waals surface area contributed by atoms with Gasteiger partial charge < -0.3 is 15.5 Å². The summed E-state index contributed by atoms with van der Waals surface area (Å²) in [5.74, 6) is 0.145. The molecule has 0 saturated heterocycles. The Kier molecular flexibility index (Phi) is 6.31. The summed E-state index contributed by atoms with van der Waals surface area (Å²) >= 11 is 11.8. The molecule has 0 heterocycles. The molecule has 0 aromatic heterocycles. The first-order valence-electron chi connectivity index (χ1n) is 7.57. The first-order valence-corrected chi connectivity index (χ1v) is 8.48. The highest BCUT2D eigenvalue weighted by atomic mass is 35.5. The van der Waals surface area contributed by atoms with Crippen LogP contribution in [0.15, 0.2) is 48.5 Å². The lowest BCUT2D eigenvalue weighted by Crippen LogP contribution is -2.29. The number of nitrogens with one attached hydrogen (secondary N) is 1. The summed E-state index contributed by atoms with van der Waals surface area (Å²) in [5, 5.41) is 24.7. The van der Waals surface area contributed by atoms with Gasteiger partial charge in [-0.2, -0.15) is 0 Å². The smallest absolute Gasteiger partial charge is 0.116 e. The molecule has 5 heteroatoms. The van der Waals surface area contributed by atoms with Crippen LogP contribution in [0.2, 0.25) is 5.02 Å². The first kappa shape index (κ1) is 18.1. The number of alkyl halides is 1. The van der Waals surface area contributed by atoms with Gasteiger partial charge in [0.2, 0.25) is 0 Å². The first-order chi connectivity index (χ1) is 11.0. The summed E-state index contributed by atoms with van der Waals surface area (Å²) in [6, 6.07) is 14.8. The predicted molar refractivity (Wildman–Crippen MR) is 96.4 cm³/mol. The van der Waals surface area contributed by atoms with Crippen molar-refractivity contribution in [1.82, 2.24) is 0 Å². The van der Waals surface area contributed by atoms with Crippen molar-refractivity contribution in [3.8, 4) is 0 Å². The van der Waals surface area contributed by atoms with Crippen LogP contribution in [0.5, 0.6) is 0 Å². The van der Waals surface area contributed by atoms with Crippen LogP contribution in [-0.2, 0) is 5.60 Å². The minimum Gasteiger partial charge on any atom is -0.390 e. The second-order valence-electron chi connectivity index (χ2n) is 5.46. The average Bonchev–Trinajstić information content (AvgIpc) is 2.60. The van der Waals surface area contributed by atoms with Crippen molar-refractivity contribution in [3.05, 3.63) is 64.7 Å². The number of benzene rings is 2. The standard InChI is InChI=1S/C18H21Cl2NO2/c1-2-18(23,13-6-4-3-5-7-13)16-10-14(20)8-9-17(16)21-12-15(22)11-19/h3-10,15,21-23H,2,11-12H2,1H3. The molecule has 23 heavy (non-hydrogen) atoms. The van der Waals surface area contributed by atoms with Crippen molar-refractivity contribution in [1.29, 1.82) is 0 Å². The lowest BCUT2D eigenvalue weighted by Gasteiger charge is -2.31. The van der Waals surface area contributed by atoms with Gasteiger partial charge in [0.25, 0.3) is 0 Å². The van der Waals surface area contributed by atoms with E-state index in [2.05, 4.69) is 5.32 Å². The van der Waals surface area contributed by atoms with Crippen LogP contribution in [0.1, 0.15) is 24.5 Å². The number of aliphatic hydroxyl groups is 2. The van der Waals surface area contributed by atoms with Gasteiger partial charge in [-0.1, -0.05) is 48.9 Å². The normalized spacial score (nSPS) is 15.0. The van der Waals surface area contributed by atoms with Crippen molar-refractivity contribution in [2.24, 2.45) is 0 Å². The van der Waals surface area contributed by atoms with Crippen LogP contribution in [0.25, 0.3) is 0 Å². The molecule has 2 unspecified atom stereocenters. The highest BCUT2D eigenvalue weighted by molar-refractivity contribution is 6.30. The van der Waals surface area contributed by atoms with E-state index in [4.69, 9.17) is 23.2 Å². The number of aliphatic hydroxyl groups excluding tert-OH is 1. The fraction of sp³-hybridized carbons (Fsp3) is 0.333. The summed E-state index contributed by atoms with van der Waals surface area (Å²) in [7, 11) is 0. The van der Waals surface area contributed by atoms with E-state index >= 15 is 0 Å². The maximum absolute atomic E-state index is 11.3. The van der Waals surface area contributed by atoms with Crippen LogP contribution in [0.4, 0.5) is 5.69 Å². The zero-order valence-corrected chi connectivity index (χ0v) is 14.5. The van der Waals surface area contributed by atoms with Crippen LogP contribution in [-0.4, -0.2) is 28.7 Å². The number of hydrogen-bond donors (Lipinski definition) is 3. The van der Waals surface area contributed by atoms with E-state index in [0.29, 0.717) is 23.6 Å². The Balaban J connectivity index is 2.44. The Morgan fingerprint density at radius 1 is 1.17 bits per heavy atom. The van der Waals surface area contributed by atoms with Crippen molar-refractivity contribution in [2.75, 3.05) is 17.7 Å². The molecular formula is C18H21Cl2NO2. The van der Waals surface area contributed by atoms with Crippen molar-refractivity contribution >= 4 is 28.9 Å². The molecule has 0 aliphatic rings. The van der Waals surface area contributed by atoms with Crippen LogP contribution >= 0.6 is 23.2 Å². The molecule has 3 N–H and O–H groups in total. The van der Waals surface area contributed by atoms with Crippen molar-refractivity contribution in [2.45, 2.75) is 25.0 Å². The van der Waals surface area contributed by atoms with E-state index in [-0.39, 0.29) is 5.88 Å². The van der Waals surface area contributed by atoms with Crippen LogP contribution < -0.4 is 5.32 Å². The van der Waals surface area contributed by atoms with E-state index in [1.807, 2.05) is 43.3 Å². The van der Waals surface area contributed by atoms with E-state index in [9.17, 15) is 10.2 Å². The zero-order valence-electron chi connectivity index (χ0n) is 13.0. The van der Waals surface area contributed by atoms with E-state index in [1.54, 1.807) is 12.1 Å². The maximum atomic E-state index is 11.3. The minimum absolute atomic E-state index is 0.145. The molecule has 2 aromatic rings. The second kappa shape index (κ2) is 8.02. The number of halogens is 2. The third-order valence-electron chi connectivity index (χ3n) is 3.90. The fourth-order valence-corrected chi connectivity index (χ4v) is 2.84. The molecule has 0 saturated carbocycles. The lowest BCUT2D eigenvalue weighted by atomic mass is 9.83. The van der Waals surface area contributed by atoms with Gasteiger partial charge in [0.1, 0.15) is 5.60 Å². The Morgan fingerprint density at radius 3 is 2.48 bits per heavy atom. The molecule has 0 spiro atoms. The molecule has 0 radical (unpaired) electrons. The summed E-state index contributed by atoms with van der Waals surface area (Å²) in [4.78, 5) is 0. The number of anilines is 1. The highest BCUT2D eigenvalue weighted by Crippen LogP contribution is 2.38. The molecule has 3 nitrogen and oxygen atoms in total. The van der Waals surface area contributed by atoms with E-state index in [0.717, 1.165) is 11.3 Å². The Labute approximate surface area is 146 Å². The van der Waals surface area contributed by atoms with Gasteiger partial charge in [-0.05, 0) is 30.2 Å². The Hall–Kier alpha value is -1.26. The Morgan fingerprint density at radius 2 is 1.87 bits per heavy atom. The number of rotatable bonds is 7. The summed E-state index contributed by atoms with van der Waals surface area (Å²) in [5.41, 5.74) is 1.04. The van der Waals surface area contributed by atoms with Gasteiger partial charge in [0, 0.05) is 22.8 Å². The minimum atomic E-state index is -1.17. The van der Waals surface area contributed by atoms with Gasteiger partial charge in [0.15, 0.2) is 0 Å². The van der Waals surface area contributed by atoms with Gasteiger partial charge in [-0.15, -0.1) is 11.6 Å². The molecule has 0 bridgehead atoms. The van der Waals surface area contributed by atoms with Gasteiger partial charge in [0.05, 0.1) is 12.0 Å². The molecular weight excluding hydrogens is 333 g/mol. The average molecular weight is 354 g/mol. The molecule has 0 fully saturated rings. The molecule has 2 atom stereocenters. The van der Waals surface area contributed by atoms with Crippen molar-refractivity contribution in [3.63, 3.8) is 0 Å².